The van der Waals surface area contributed by atoms with Gasteiger partial charge in [-0.25, -0.2) is 21.8 Å². The predicted molar refractivity (Wildman–Crippen MR) is 155 cm³/mol. The van der Waals surface area contributed by atoms with Crippen LogP contribution in [0.5, 0.6) is 0 Å². The molecule has 0 saturated heterocycles. The SMILES string of the molecule is Cc1ccc(N(c2ccc(NC(=O)Cn3ccc(=O)[nH]c3=O)cc2N(c2ccc(C)cc2)S(=O)O)S(=O)O)cc1. The van der Waals surface area contributed by atoms with Crippen LogP contribution in [-0.4, -0.2) is 33.0 Å². The molecule has 0 radical (unpaired) electrons. The smallest absolute Gasteiger partial charge is 0.324 e. The van der Waals surface area contributed by atoms with Gasteiger partial charge < -0.3 is 5.32 Å². The molecule has 4 aromatic rings. The van der Waals surface area contributed by atoms with Crippen molar-refractivity contribution in [3.63, 3.8) is 0 Å². The van der Waals surface area contributed by atoms with Gasteiger partial charge in [-0.1, -0.05) is 35.4 Å². The van der Waals surface area contributed by atoms with Gasteiger partial charge in [0.2, 0.25) is 5.91 Å². The van der Waals surface area contributed by atoms with Crippen molar-refractivity contribution < 1.29 is 22.3 Å². The average molecular weight is 584 g/mol. The highest BCUT2D eigenvalue weighted by atomic mass is 32.2. The van der Waals surface area contributed by atoms with Crippen LogP contribution in [0.3, 0.4) is 0 Å². The highest BCUT2D eigenvalue weighted by Crippen LogP contribution is 2.41. The molecule has 4 rings (SSSR count). The Morgan fingerprint density at radius 3 is 1.85 bits per heavy atom. The topological polar surface area (TPSA) is 165 Å². The molecule has 12 nitrogen and oxygen atoms in total. The number of aromatic nitrogens is 2. The molecule has 14 heteroatoms. The maximum Gasteiger partial charge on any atom is 0.328 e. The second-order valence-electron chi connectivity index (χ2n) is 8.71. The van der Waals surface area contributed by atoms with Crippen LogP contribution < -0.4 is 25.2 Å². The van der Waals surface area contributed by atoms with Crippen molar-refractivity contribution >= 4 is 56.9 Å². The Labute approximate surface area is 233 Å². The first-order valence-electron chi connectivity index (χ1n) is 11.7. The third-order valence-electron chi connectivity index (χ3n) is 5.76. The van der Waals surface area contributed by atoms with Crippen LogP contribution in [0.4, 0.5) is 28.4 Å². The zero-order valence-corrected chi connectivity index (χ0v) is 22.9. The Balaban J connectivity index is 1.81. The average Bonchev–Trinajstić information content (AvgIpc) is 2.89. The third kappa shape index (κ3) is 6.60. The molecule has 1 amide bonds. The van der Waals surface area contributed by atoms with Gasteiger partial charge in [0.1, 0.15) is 6.54 Å². The van der Waals surface area contributed by atoms with Gasteiger partial charge >= 0.3 is 5.69 Å². The fourth-order valence-corrected chi connectivity index (χ4v) is 5.09. The van der Waals surface area contributed by atoms with E-state index in [1.807, 2.05) is 13.8 Å². The zero-order chi connectivity index (χ0) is 29.0. The first-order valence-corrected chi connectivity index (χ1v) is 13.9. The van der Waals surface area contributed by atoms with Crippen LogP contribution in [0.15, 0.2) is 88.6 Å². The summed E-state index contributed by atoms with van der Waals surface area (Å²) < 4.78 is 49.0. The van der Waals surface area contributed by atoms with Gasteiger partial charge in [-0.2, -0.15) is 0 Å². The predicted octanol–water partition coefficient (Wildman–Crippen LogP) is 3.34. The number of hydrogen-bond donors (Lipinski definition) is 4. The molecule has 0 spiro atoms. The summed E-state index contributed by atoms with van der Waals surface area (Å²) in [5, 5.41) is 2.61. The summed E-state index contributed by atoms with van der Waals surface area (Å²) in [7, 11) is 0. The fraction of sp³-hybridized carbons (Fsp3) is 0.115. The molecule has 0 fully saturated rings. The second kappa shape index (κ2) is 12.2. The molecule has 0 bridgehead atoms. The van der Waals surface area contributed by atoms with E-state index in [4.69, 9.17) is 0 Å². The number of carbonyl (C=O) groups is 1. The van der Waals surface area contributed by atoms with Crippen LogP contribution >= 0.6 is 0 Å². The van der Waals surface area contributed by atoms with Crippen molar-refractivity contribution in [3.8, 4) is 0 Å². The van der Waals surface area contributed by atoms with Crippen LogP contribution in [-0.2, 0) is 33.9 Å². The lowest BCUT2D eigenvalue weighted by atomic mass is 10.1. The lowest BCUT2D eigenvalue weighted by Crippen LogP contribution is -2.32. The van der Waals surface area contributed by atoms with Crippen LogP contribution in [0.1, 0.15) is 11.1 Å². The Morgan fingerprint density at radius 2 is 1.35 bits per heavy atom. The summed E-state index contributed by atoms with van der Waals surface area (Å²) in [6.07, 6.45) is 1.18. The van der Waals surface area contributed by atoms with Gasteiger partial charge in [0.25, 0.3) is 28.1 Å². The minimum atomic E-state index is -2.64. The van der Waals surface area contributed by atoms with E-state index in [1.54, 1.807) is 48.5 Å². The maximum atomic E-state index is 12.7. The third-order valence-corrected chi connectivity index (χ3v) is 7.20. The van der Waals surface area contributed by atoms with Gasteiger partial charge in [0.15, 0.2) is 0 Å². The molecule has 0 aliphatic carbocycles. The number of aryl methyl sites for hydroxylation is 2. The highest BCUT2D eigenvalue weighted by Gasteiger charge is 2.26. The summed E-state index contributed by atoms with van der Waals surface area (Å²) in [5.74, 6) is -0.624. The number of anilines is 5. The molecular weight excluding hydrogens is 558 g/mol. The minimum Gasteiger partial charge on any atom is -0.324 e. The van der Waals surface area contributed by atoms with Crippen molar-refractivity contribution in [2.45, 2.75) is 20.4 Å². The van der Waals surface area contributed by atoms with E-state index in [0.717, 1.165) is 30.4 Å². The number of carbonyl (C=O) groups excluding carboxylic acids is 1. The summed E-state index contributed by atoms with van der Waals surface area (Å²) >= 11 is -5.22. The molecule has 1 heterocycles. The summed E-state index contributed by atoms with van der Waals surface area (Å²) in [4.78, 5) is 38.1. The quantitative estimate of drug-likeness (QED) is 0.219. The Bertz CT molecular complexity index is 1700. The van der Waals surface area contributed by atoms with Crippen molar-refractivity contribution in [2.75, 3.05) is 13.9 Å². The van der Waals surface area contributed by atoms with E-state index >= 15 is 0 Å². The number of H-pyrrole nitrogens is 1. The number of nitrogens with one attached hydrogen (secondary N) is 2. The fourth-order valence-electron chi connectivity index (χ4n) is 3.85. The summed E-state index contributed by atoms with van der Waals surface area (Å²) in [6, 6.07) is 18.9. The molecule has 0 aliphatic heterocycles. The molecule has 208 valence electrons. The monoisotopic (exact) mass is 583 g/mol. The molecule has 40 heavy (non-hydrogen) atoms. The Morgan fingerprint density at radius 1 is 0.825 bits per heavy atom. The second-order valence-corrected chi connectivity index (χ2v) is 10.4. The van der Waals surface area contributed by atoms with Gasteiger partial charge in [0, 0.05) is 18.0 Å². The molecule has 1 aromatic heterocycles. The Hall–Kier alpha value is -4.37. The molecule has 2 atom stereocenters. The number of aromatic amines is 1. The highest BCUT2D eigenvalue weighted by molar-refractivity contribution is 7.81. The van der Waals surface area contributed by atoms with E-state index < -0.39 is 46.2 Å². The van der Waals surface area contributed by atoms with E-state index in [-0.39, 0.29) is 17.1 Å². The number of hydrogen-bond acceptors (Lipinski definition) is 5. The maximum absolute atomic E-state index is 12.7. The van der Waals surface area contributed by atoms with Crippen molar-refractivity contribution in [2.24, 2.45) is 0 Å². The van der Waals surface area contributed by atoms with Gasteiger partial charge in [-0.05, 0) is 56.3 Å². The van der Waals surface area contributed by atoms with E-state index in [1.165, 1.54) is 24.4 Å². The lowest BCUT2D eigenvalue weighted by Gasteiger charge is -2.28. The first-order chi connectivity index (χ1) is 19.0. The molecule has 3 aromatic carbocycles. The number of nitrogens with zero attached hydrogens (tertiary/aromatic N) is 3. The number of amides is 1. The molecular formula is C26H25N5O7S2. The molecule has 4 N–H and O–H groups in total. The van der Waals surface area contributed by atoms with Crippen molar-refractivity contribution in [1.82, 2.24) is 9.55 Å². The van der Waals surface area contributed by atoms with Crippen LogP contribution in [0, 0.1) is 13.8 Å². The van der Waals surface area contributed by atoms with Crippen molar-refractivity contribution in [1.29, 1.82) is 0 Å². The number of rotatable bonds is 9. The largest absolute Gasteiger partial charge is 0.328 e. The first kappa shape index (κ1) is 28.6. The minimum absolute atomic E-state index is 0.0340. The Kier molecular flexibility index (Phi) is 8.74. The van der Waals surface area contributed by atoms with Gasteiger partial charge in [0.05, 0.1) is 22.7 Å². The van der Waals surface area contributed by atoms with E-state index in [2.05, 4.69) is 10.3 Å². The van der Waals surface area contributed by atoms with Crippen molar-refractivity contribution in [3.05, 3.63) is 111 Å². The van der Waals surface area contributed by atoms with E-state index in [0.29, 0.717) is 11.4 Å². The molecule has 0 saturated carbocycles. The molecule has 2 unspecified atom stereocenters. The molecule has 0 aliphatic rings. The lowest BCUT2D eigenvalue weighted by molar-refractivity contribution is -0.116. The van der Waals surface area contributed by atoms with E-state index in [9.17, 15) is 31.9 Å². The zero-order valence-electron chi connectivity index (χ0n) is 21.3. The van der Waals surface area contributed by atoms with Gasteiger partial charge in [-0.3, -0.25) is 28.2 Å². The van der Waals surface area contributed by atoms with Crippen LogP contribution in [0.25, 0.3) is 0 Å². The standard InChI is InChI=1S/C26H25N5O7S2/c1-17-3-8-20(9-4-17)30(39(35)36)22-12-7-19(27-25(33)16-29-14-13-24(32)28-26(29)34)15-23(22)31(40(37)38)21-10-5-18(2)6-11-21/h3-15H,16H2,1-2H3,(H,27,33)(H,35,36)(H,37,38)(H,28,32,34). The van der Waals surface area contributed by atoms with Crippen LogP contribution in [0.2, 0.25) is 0 Å². The number of benzene rings is 3. The summed E-state index contributed by atoms with van der Waals surface area (Å²) in [5.41, 5.74) is 1.42. The summed E-state index contributed by atoms with van der Waals surface area (Å²) in [6.45, 7) is 3.30. The van der Waals surface area contributed by atoms with Gasteiger partial charge in [-0.15, -0.1) is 0 Å². The normalized spacial score (nSPS) is 12.4.